The summed E-state index contributed by atoms with van der Waals surface area (Å²) >= 11 is 5.15. The summed E-state index contributed by atoms with van der Waals surface area (Å²) in [4.78, 5) is 10.5. The molecule has 2 aromatic rings. The second kappa shape index (κ2) is 6.55. The molecule has 2 heterocycles. The summed E-state index contributed by atoms with van der Waals surface area (Å²) in [7, 11) is 0. The Balaban J connectivity index is 2.18. The maximum Gasteiger partial charge on any atom is 0.169 e. The molecule has 0 saturated heterocycles. The average molecular weight is 368 g/mol. The molecule has 21 heavy (non-hydrogen) atoms. The molecule has 1 N–H and O–H groups in total. The molecule has 0 amide bonds. The fraction of sp³-hybridized carbons (Fsp3) is 0.500. The molecule has 0 unspecified atom stereocenters. The summed E-state index contributed by atoms with van der Waals surface area (Å²) < 4.78 is 1.11. The number of thiophene rings is 1. The van der Waals surface area contributed by atoms with Crippen molar-refractivity contribution in [2.24, 2.45) is 0 Å². The first-order chi connectivity index (χ1) is 9.76. The second-order valence-electron chi connectivity index (χ2n) is 6.23. The van der Waals surface area contributed by atoms with Crippen molar-refractivity contribution in [1.29, 1.82) is 0 Å². The van der Waals surface area contributed by atoms with Gasteiger partial charge in [-0.15, -0.1) is 11.3 Å². The molecule has 0 aliphatic heterocycles. The molecule has 0 bridgehead atoms. The van der Waals surface area contributed by atoms with E-state index >= 15 is 0 Å². The summed E-state index contributed by atoms with van der Waals surface area (Å²) in [6.45, 7) is 11.6. The predicted octanol–water partition coefficient (Wildman–Crippen LogP) is 4.52. The van der Waals surface area contributed by atoms with Gasteiger partial charge in [0.1, 0.15) is 0 Å². The Kier molecular flexibility index (Phi) is 5.17. The Morgan fingerprint density at radius 2 is 1.76 bits per heavy atom. The van der Waals surface area contributed by atoms with E-state index in [1.54, 1.807) is 11.3 Å². The van der Waals surface area contributed by atoms with E-state index in [-0.39, 0.29) is 5.54 Å². The smallest absolute Gasteiger partial charge is 0.169 e. The highest BCUT2D eigenvalue weighted by Gasteiger charge is 2.13. The molecular weight excluding hydrogens is 346 g/mol. The van der Waals surface area contributed by atoms with Gasteiger partial charge in [-0.2, -0.15) is 0 Å². The number of nitrogens with zero attached hydrogens (tertiary/aromatic N) is 2. The zero-order valence-electron chi connectivity index (χ0n) is 13.2. The maximum atomic E-state index is 4.68. The predicted molar refractivity (Wildman–Crippen MR) is 94.0 cm³/mol. The lowest BCUT2D eigenvalue weighted by Crippen LogP contribution is -2.37. The first-order valence-electron chi connectivity index (χ1n) is 7.11. The van der Waals surface area contributed by atoms with E-state index < -0.39 is 0 Å². The Hall–Kier alpha value is -0.780. The van der Waals surface area contributed by atoms with Crippen LogP contribution in [0.25, 0.3) is 10.7 Å². The minimum absolute atomic E-state index is 0.145. The minimum Gasteiger partial charge on any atom is -0.312 e. The SMILES string of the molecule is Cc1nc(-c2ccc(Br)s2)nc(C)c1CCNC(C)(C)C. The lowest BCUT2D eigenvalue weighted by molar-refractivity contribution is 0.429. The van der Waals surface area contributed by atoms with Crippen molar-refractivity contribution in [2.75, 3.05) is 6.54 Å². The molecule has 0 aliphatic rings. The van der Waals surface area contributed by atoms with Gasteiger partial charge in [-0.1, -0.05) is 0 Å². The van der Waals surface area contributed by atoms with Crippen molar-refractivity contribution >= 4 is 27.3 Å². The summed E-state index contributed by atoms with van der Waals surface area (Å²) in [6.07, 6.45) is 0.962. The standard InChI is InChI=1S/C16H22BrN3S/c1-10-12(8-9-18-16(3,4)5)11(2)20-15(19-10)13-6-7-14(17)21-13/h6-7,18H,8-9H2,1-5H3. The molecule has 0 aromatic carbocycles. The quantitative estimate of drug-likeness (QED) is 0.863. The summed E-state index contributed by atoms with van der Waals surface area (Å²) in [6, 6.07) is 4.10. The molecular formula is C16H22BrN3S. The van der Waals surface area contributed by atoms with E-state index in [2.05, 4.69) is 71.9 Å². The van der Waals surface area contributed by atoms with Crippen LogP contribution in [0, 0.1) is 13.8 Å². The Labute approximate surface area is 139 Å². The number of aryl methyl sites for hydroxylation is 2. The molecule has 2 aromatic heterocycles. The number of rotatable bonds is 4. The van der Waals surface area contributed by atoms with Crippen LogP contribution in [0.3, 0.4) is 0 Å². The molecule has 0 spiro atoms. The van der Waals surface area contributed by atoms with Gasteiger partial charge in [0.25, 0.3) is 0 Å². The zero-order valence-corrected chi connectivity index (χ0v) is 15.7. The van der Waals surface area contributed by atoms with E-state index in [4.69, 9.17) is 0 Å². The van der Waals surface area contributed by atoms with Gasteiger partial charge in [-0.3, -0.25) is 0 Å². The van der Waals surface area contributed by atoms with Crippen LogP contribution in [0.1, 0.15) is 37.7 Å². The summed E-state index contributed by atoms with van der Waals surface area (Å²) in [5.41, 5.74) is 3.56. The van der Waals surface area contributed by atoms with Crippen LogP contribution < -0.4 is 5.32 Å². The van der Waals surface area contributed by atoms with Crippen molar-refractivity contribution in [1.82, 2.24) is 15.3 Å². The fourth-order valence-corrected chi connectivity index (χ4v) is 3.53. The molecule has 2 rings (SSSR count). The number of halogens is 1. The molecule has 0 aliphatic carbocycles. The van der Waals surface area contributed by atoms with E-state index in [1.807, 2.05) is 6.07 Å². The van der Waals surface area contributed by atoms with Crippen LogP contribution in [0.4, 0.5) is 0 Å². The van der Waals surface area contributed by atoms with Gasteiger partial charge < -0.3 is 5.32 Å². The maximum absolute atomic E-state index is 4.68. The van der Waals surface area contributed by atoms with Crippen molar-refractivity contribution in [3.63, 3.8) is 0 Å². The van der Waals surface area contributed by atoms with Crippen LogP contribution >= 0.6 is 27.3 Å². The number of hydrogen-bond acceptors (Lipinski definition) is 4. The van der Waals surface area contributed by atoms with Crippen LogP contribution in [-0.2, 0) is 6.42 Å². The highest BCUT2D eigenvalue weighted by atomic mass is 79.9. The van der Waals surface area contributed by atoms with Crippen molar-refractivity contribution in [3.05, 3.63) is 32.9 Å². The van der Waals surface area contributed by atoms with E-state index in [0.717, 1.165) is 38.8 Å². The van der Waals surface area contributed by atoms with Crippen LogP contribution in [0.5, 0.6) is 0 Å². The van der Waals surface area contributed by atoms with Gasteiger partial charge >= 0.3 is 0 Å². The second-order valence-corrected chi connectivity index (χ2v) is 8.69. The first-order valence-corrected chi connectivity index (χ1v) is 8.72. The largest absolute Gasteiger partial charge is 0.312 e. The van der Waals surface area contributed by atoms with Gasteiger partial charge in [0.05, 0.1) is 8.66 Å². The van der Waals surface area contributed by atoms with Crippen molar-refractivity contribution in [3.8, 4) is 10.7 Å². The molecule has 0 atom stereocenters. The van der Waals surface area contributed by atoms with Gasteiger partial charge in [0, 0.05) is 16.9 Å². The lowest BCUT2D eigenvalue weighted by Gasteiger charge is -2.21. The molecule has 114 valence electrons. The van der Waals surface area contributed by atoms with Crippen LogP contribution in [0.2, 0.25) is 0 Å². The van der Waals surface area contributed by atoms with Crippen molar-refractivity contribution < 1.29 is 0 Å². The van der Waals surface area contributed by atoms with Gasteiger partial charge in [-0.05, 0) is 81.2 Å². The Morgan fingerprint density at radius 3 is 2.24 bits per heavy atom. The third-order valence-electron chi connectivity index (χ3n) is 3.24. The summed E-state index contributed by atoms with van der Waals surface area (Å²) in [5, 5.41) is 3.51. The number of aromatic nitrogens is 2. The molecule has 0 fully saturated rings. The Bertz CT molecular complexity index is 606. The average Bonchev–Trinajstić information content (AvgIpc) is 2.78. The van der Waals surface area contributed by atoms with Crippen LogP contribution in [0.15, 0.2) is 15.9 Å². The third-order valence-corrected chi connectivity index (χ3v) is 4.86. The number of hydrogen-bond donors (Lipinski definition) is 1. The summed E-state index contributed by atoms with van der Waals surface area (Å²) in [5.74, 6) is 0.827. The normalized spacial score (nSPS) is 11.9. The topological polar surface area (TPSA) is 37.8 Å². The number of nitrogens with one attached hydrogen (secondary N) is 1. The van der Waals surface area contributed by atoms with Gasteiger partial charge in [-0.25, -0.2) is 9.97 Å². The highest BCUT2D eigenvalue weighted by molar-refractivity contribution is 9.11. The zero-order chi connectivity index (χ0) is 15.6. The molecule has 5 heteroatoms. The lowest BCUT2D eigenvalue weighted by atomic mass is 10.1. The first kappa shape index (κ1) is 16.6. The monoisotopic (exact) mass is 367 g/mol. The van der Waals surface area contributed by atoms with Gasteiger partial charge in [0.2, 0.25) is 0 Å². The minimum atomic E-state index is 0.145. The van der Waals surface area contributed by atoms with Gasteiger partial charge in [0.15, 0.2) is 5.82 Å². The molecule has 3 nitrogen and oxygen atoms in total. The van der Waals surface area contributed by atoms with E-state index in [9.17, 15) is 0 Å². The Morgan fingerprint density at radius 1 is 1.14 bits per heavy atom. The molecule has 0 radical (unpaired) electrons. The third kappa shape index (κ3) is 4.59. The fourth-order valence-electron chi connectivity index (χ4n) is 2.21. The van der Waals surface area contributed by atoms with Crippen LogP contribution in [-0.4, -0.2) is 22.1 Å². The molecule has 0 saturated carbocycles. The van der Waals surface area contributed by atoms with E-state index in [0.29, 0.717) is 0 Å². The van der Waals surface area contributed by atoms with Crippen molar-refractivity contribution in [2.45, 2.75) is 46.6 Å². The van der Waals surface area contributed by atoms with E-state index in [1.165, 1.54) is 5.56 Å². The highest BCUT2D eigenvalue weighted by Crippen LogP contribution is 2.29.